The molecule has 1 N–H and O–H groups in total. The van der Waals surface area contributed by atoms with Gasteiger partial charge in [0.25, 0.3) is 5.91 Å². The Balaban J connectivity index is 1.55. The zero-order valence-corrected chi connectivity index (χ0v) is 19.3. The molecule has 4 rings (SSSR count). The molecule has 186 valence electrons. The average molecular weight is 490 g/mol. The van der Waals surface area contributed by atoms with Gasteiger partial charge in [-0.2, -0.15) is 5.10 Å². The van der Waals surface area contributed by atoms with Crippen molar-refractivity contribution in [3.8, 4) is 0 Å². The number of benzene rings is 1. The lowest BCUT2D eigenvalue weighted by Crippen LogP contribution is -2.45. The number of rotatable bonds is 5. The molecule has 0 aliphatic carbocycles. The molecule has 2 aromatic rings. The molecule has 12 heteroatoms. The largest absolute Gasteiger partial charge is 0.374 e. The second-order valence-electron chi connectivity index (χ2n) is 8.70. The van der Waals surface area contributed by atoms with Gasteiger partial charge in [0, 0.05) is 43.7 Å². The average Bonchev–Trinajstić information content (AvgIpc) is 3.09. The van der Waals surface area contributed by atoms with Gasteiger partial charge in [0.2, 0.25) is 12.1 Å². The minimum Gasteiger partial charge on any atom is -0.374 e. The van der Waals surface area contributed by atoms with Crippen molar-refractivity contribution >= 4 is 23.3 Å². The number of hydrogen-bond donors (Lipinski definition) is 1. The first-order valence-electron chi connectivity index (χ1n) is 11.2. The zero-order valence-electron chi connectivity index (χ0n) is 19.3. The van der Waals surface area contributed by atoms with Crippen LogP contribution >= 0.6 is 0 Å². The molecule has 9 nitrogen and oxygen atoms in total. The maximum absolute atomic E-state index is 13.6. The van der Waals surface area contributed by atoms with Gasteiger partial charge in [-0.3, -0.25) is 9.48 Å². The molecule has 2 atom stereocenters. The molecule has 0 bridgehead atoms. The van der Waals surface area contributed by atoms with Crippen LogP contribution in [0, 0.1) is 12.4 Å². The van der Waals surface area contributed by atoms with Crippen molar-refractivity contribution in [1.82, 2.24) is 19.6 Å². The fourth-order valence-electron chi connectivity index (χ4n) is 4.36. The van der Waals surface area contributed by atoms with Gasteiger partial charge < -0.3 is 19.9 Å². The van der Waals surface area contributed by atoms with Crippen molar-refractivity contribution in [2.75, 3.05) is 25.5 Å². The normalized spacial score (nSPS) is 19.7. The highest BCUT2D eigenvalue weighted by Gasteiger charge is 2.37. The Morgan fingerprint density at radius 2 is 2.14 bits per heavy atom. The summed E-state index contributed by atoms with van der Waals surface area (Å²) in [6.07, 6.45) is -2.93. The fraction of sp³-hybridized carbons (Fsp3) is 0.478. The zero-order chi connectivity index (χ0) is 25.3. The summed E-state index contributed by atoms with van der Waals surface area (Å²) in [7, 11) is 1.61. The van der Waals surface area contributed by atoms with Crippen LogP contribution in [0.25, 0.3) is 4.85 Å². The highest BCUT2D eigenvalue weighted by Crippen LogP contribution is 2.30. The molecule has 2 aliphatic heterocycles. The summed E-state index contributed by atoms with van der Waals surface area (Å²) < 4.78 is 45.8. The van der Waals surface area contributed by atoms with Gasteiger partial charge in [-0.25, -0.2) is 22.8 Å². The van der Waals surface area contributed by atoms with E-state index in [9.17, 15) is 22.8 Å². The third-order valence-electron chi connectivity index (χ3n) is 6.15. The monoisotopic (exact) mass is 490 g/mol. The van der Waals surface area contributed by atoms with Gasteiger partial charge in [-0.15, -0.1) is 0 Å². The minimum absolute atomic E-state index is 0.121. The number of hydrogen-bond acceptors (Lipinski definition) is 4. The van der Waals surface area contributed by atoms with Gasteiger partial charge in [0.15, 0.2) is 0 Å². The van der Waals surface area contributed by atoms with Crippen LogP contribution in [-0.2, 0) is 24.2 Å². The van der Waals surface area contributed by atoms with Gasteiger partial charge in [0.1, 0.15) is 11.5 Å². The minimum atomic E-state index is -2.46. The predicted octanol–water partition coefficient (Wildman–Crippen LogP) is 3.68. The van der Waals surface area contributed by atoms with Crippen LogP contribution in [0.15, 0.2) is 18.2 Å². The van der Waals surface area contributed by atoms with Crippen molar-refractivity contribution in [2.24, 2.45) is 0 Å². The first kappa shape index (κ1) is 24.5. The topological polar surface area (TPSA) is 84.1 Å². The SMILES string of the molecule is [C-]#[N+]c1cc(NC(=O)N2Cc3c(nn4c3C(=O)N(C)C[C@H](OCCC(F)F)C4)C[C@H]2C)ccc1F. The number of alkyl halides is 2. The lowest BCUT2D eigenvalue weighted by Gasteiger charge is -2.33. The Labute approximate surface area is 200 Å². The summed E-state index contributed by atoms with van der Waals surface area (Å²) >= 11 is 0. The van der Waals surface area contributed by atoms with Crippen molar-refractivity contribution in [3.05, 3.63) is 52.4 Å². The van der Waals surface area contributed by atoms with Crippen LogP contribution in [0.5, 0.6) is 0 Å². The highest BCUT2D eigenvalue weighted by molar-refractivity contribution is 5.95. The highest BCUT2D eigenvalue weighted by atomic mass is 19.3. The first-order valence-corrected chi connectivity index (χ1v) is 11.2. The van der Waals surface area contributed by atoms with E-state index in [1.54, 1.807) is 16.6 Å². The third kappa shape index (κ3) is 5.09. The summed E-state index contributed by atoms with van der Waals surface area (Å²) in [5, 5.41) is 7.29. The molecule has 1 aromatic heterocycles. The molecule has 1 aromatic carbocycles. The van der Waals surface area contributed by atoms with Crippen molar-refractivity contribution in [1.29, 1.82) is 0 Å². The Morgan fingerprint density at radius 3 is 2.86 bits per heavy atom. The smallest absolute Gasteiger partial charge is 0.322 e. The number of carbonyl (C=O) groups excluding carboxylic acids is 2. The standard InChI is InChI=1S/C23H25F3N6O3/c1-13-8-18-16(12-31(13)23(34)28-14-4-5-17(24)19(9-14)27-2)21-22(33)30(3)10-15(11-32(21)29-18)35-7-6-20(25)26/h4-5,9,13,15,20H,6-8,10-12H2,1,3H3,(H,28,34)/t13-,15+/m1/s1. The van der Waals surface area contributed by atoms with E-state index in [0.717, 1.165) is 6.07 Å². The fourth-order valence-corrected chi connectivity index (χ4v) is 4.36. The quantitative estimate of drug-likeness (QED) is 0.649. The van der Waals surface area contributed by atoms with E-state index in [1.165, 1.54) is 17.0 Å². The number of amides is 3. The van der Waals surface area contributed by atoms with Crippen LogP contribution in [-0.4, -0.2) is 70.3 Å². The molecular formula is C23H25F3N6O3. The molecule has 2 aliphatic rings. The second kappa shape index (κ2) is 9.95. The lowest BCUT2D eigenvalue weighted by atomic mass is 9.99. The van der Waals surface area contributed by atoms with Gasteiger partial charge in [-0.05, 0) is 25.1 Å². The molecule has 0 saturated heterocycles. The molecule has 0 unspecified atom stereocenters. The number of fused-ring (bicyclic) bond motifs is 3. The van der Waals surface area contributed by atoms with Crippen LogP contribution in [0.3, 0.4) is 0 Å². The Morgan fingerprint density at radius 1 is 1.37 bits per heavy atom. The number of urea groups is 1. The molecule has 35 heavy (non-hydrogen) atoms. The predicted molar refractivity (Wildman–Crippen MR) is 120 cm³/mol. The molecule has 0 spiro atoms. The van der Waals surface area contributed by atoms with Crippen molar-refractivity contribution in [2.45, 2.75) is 51.4 Å². The van der Waals surface area contributed by atoms with E-state index in [4.69, 9.17) is 11.3 Å². The summed E-state index contributed by atoms with van der Waals surface area (Å²) in [4.78, 5) is 32.3. The lowest BCUT2D eigenvalue weighted by molar-refractivity contribution is 0.00152. The number of halogens is 3. The molecule has 3 amide bonds. The van der Waals surface area contributed by atoms with E-state index in [-0.39, 0.29) is 56.0 Å². The van der Waals surface area contributed by atoms with Gasteiger partial charge >= 0.3 is 6.03 Å². The van der Waals surface area contributed by atoms with E-state index < -0.39 is 24.4 Å². The number of nitrogens with zero attached hydrogens (tertiary/aromatic N) is 5. The van der Waals surface area contributed by atoms with Crippen LogP contribution < -0.4 is 5.32 Å². The maximum Gasteiger partial charge on any atom is 0.322 e. The third-order valence-corrected chi connectivity index (χ3v) is 6.15. The number of ether oxygens (including phenoxy) is 1. The number of anilines is 1. The molecule has 3 heterocycles. The van der Waals surface area contributed by atoms with E-state index in [1.807, 2.05) is 6.92 Å². The summed E-state index contributed by atoms with van der Waals surface area (Å²) in [5.41, 5.74) is 1.77. The van der Waals surface area contributed by atoms with Gasteiger partial charge in [-0.1, -0.05) is 0 Å². The van der Waals surface area contributed by atoms with E-state index in [2.05, 4.69) is 15.3 Å². The molecule has 0 radical (unpaired) electrons. The van der Waals surface area contributed by atoms with Crippen molar-refractivity contribution < 1.29 is 27.5 Å². The number of aromatic nitrogens is 2. The van der Waals surface area contributed by atoms with Crippen LogP contribution in [0.2, 0.25) is 0 Å². The van der Waals surface area contributed by atoms with Crippen LogP contribution in [0.1, 0.15) is 35.1 Å². The van der Waals surface area contributed by atoms with Crippen LogP contribution in [0.4, 0.5) is 29.3 Å². The Hall–Kier alpha value is -3.59. The number of likely N-dealkylation sites (N-methyl/N-ethyl adjacent to an activating group) is 1. The number of nitrogens with one attached hydrogen (secondary N) is 1. The van der Waals surface area contributed by atoms with E-state index in [0.29, 0.717) is 23.4 Å². The summed E-state index contributed by atoms with van der Waals surface area (Å²) in [5.74, 6) is -0.954. The Kier molecular flexibility index (Phi) is 6.98. The maximum atomic E-state index is 13.6. The summed E-state index contributed by atoms with van der Waals surface area (Å²) in [6.45, 7) is 9.37. The van der Waals surface area contributed by atoms with Gasteiger partial charge in [0.05, 0.1) is 38.1 Å². The molecule has 0 fully saturated rings. The first-order chi connectivity index (χ1) is 16.7. The summed E-state index contributed by atoms with van der Waals surface area (Å²) in [6, 6.07) is 3.06. The Bertz CT molecular complexity index is 1180. The molecule has 0 saturated carbocycles. The number of carbonyl (C=O) groups is 2. The molecular weight excluding hydrogens is 465 g/mol. The van der Waals surface area contributed by atoms with Crippen molar-refractivity contribution in [3.63, 3.8) is 0 Å². The van der Waals surface area contributed by atoms with E-state index >= 15 is 0 Å². The second-order valence-corrected chi connectivity index (χ2v) is 8.70.